The first-order chi connectivity index (χ1) is 11.2. The van der Waals surface area contributed by atoms with Gasteiger partial charge in [0.25, 0.3) is 0 Å². The summed E-state index contributed by atoms with van der Waals surface area (Å²) in [5, 5.41) is 4.33. The molecule has 0 radical (unpaired) electrons. The SMILES string of the molecule is Cc1cnn(-c2ccc(-c3cncc4c3CCCC4=O)cc2)c1. The molecule has 4 nitrogen and oxygen atoms in total. The lowest BCUT2D eigenvalue weighted by atomic mass is 9.87. The molecule has 114 valence electrons. The van der Waals surface area contributed by atoms with E-state index in [-0.39, 0.29) is 5.78 Å². The van der Waals surface area contributed by atoms with Gasteiger partial charge in [0.1, 0.15) is 0 Å². The molecule has 1 aliphatic carbocycles. The molecule has 1 aliphatic rings. The van der Waals surface area contributed by atoms with Crippen molar-refractivity contribution in [2.45, 2.75) is 26.2 Å². The summed E-state index contributed by atoms with van der Waals surface area (Å²) in [4.78, 5) is 16.3. The molecule has 0 saturated heterocycles. The van der Waals surface area contributed by atoms with E-state index in [4.69, 9.17) is 0 Å². The van der Waals surface area contributed by atoms with E-state index in [1.807, 2.05) is 42.3 Å². The van der Waals surface area contributed by atoms with Crippen LogP contribution in [-0.2, 0) is 6.42 Å². The summed E-state index contributed by atoms with van der Waals surface area (Å²) in [6.07, 6.45) is 9.92. The third-order valence-corrected chi connectivity index (χ3v) is 4.34. The number of benzene rings is 1. The van der Waals surface area contributed by atoms with Gasteiger partial charge in [-0.15, -0.1) is 0 Å². The van der Waals surface area contributed by atoms with Crippen molar-refractivity contribution in [2.75, 3.05) is 0 Å². The van der Waals surface area contributed by atoms with Crippen molar-refractivity contribution >= 4 is 5.78 Å². The second kappa shape index (κ2) is 5.47. The van der Waals surface area contributed by atoms with Crippen molar-refractivity contribution in [1.82, 2.24) is 14.8 Å². The third kappa shape index (κ3) is 2.46. The first kappa shape index (κ1) is 13.9. The zero-order chi connectivity index (χ0) is 15.8. The molecule has 0 fully saturated rings. The van der Waals surface area contributed by atoms with E-state index in [9.17, 15) is 4.79 Å². The van der Waals surface area contributed by atoms with E-state index in [0.29, 0.717) is 6.42 Å². The summed E-state index contributed by atoms with van der Waals surface area (Å²) in [6.45, 7) is 2.02. The Hall–Kier alpha value is -2.75. The molecule has 2 aromatic heterocycles. The fraction of sp³-hybridized carbons (Fsp3) is 0.211. The number of carbonyl (C=O) groups is 1. The van der Waals surface area contributed by atoms with Crippen LogP contribution in [0.25, 0.3) is 16.8 Å². The van der Waals surface area contributed by atoms with E-state index in [1.165, 1.54) is 0 Å². The quantitative estimate of drug-likeness (QED) is 0.724. The predicted molar refractivity (Wildman–Crippen MR) is 88.8 cm³/mol. The molecule has 0 aliphatic heterocycles. The van der Waals surface area contributed by atoms with E-state index >= 15 is 0 Å². The number of hydrogen-bond donors (Lipinski definition) is 0. The average molecular weight is 303 g/mol. The van der Waals surface area contributed by atoms with Crippen LogP contribution in [0.3, 0.4) is 0 Å². The Morgan fingerprint density at radius 1 is 1.00 bits per heavy atom. The summed E-state index contributed by atoms with van der Waals surface area (Å²) in [7, 11) is 0. The molecule has 0 amide bonds. The smallest absolute Gasteiger partial charge is 0.164 e. The fourth-order valence-corrected chi connectivity index (χ4v) is 3.15. The van der Waals surface area contributed by atoms with Crippen molar-refractivity contribution < 1.29 is 4.79 Å². The minimum absolute atomic E-state index is 0.212. The van der Waals surface area contributed by atoms with Crippen molar-refractivity contribution in [2.24, 2.45) is 0 Å². The molecule has 0 N–H and O–H groups in total. The van der Waals surface area contributed by atoms with E-state index in [0.717, 1.165) is 46.3 Å². The van der Waals surface area contributed by atoms with Crippen molar-refractivity contribution in [1.29, 1.82) is 0 Å². The molecule has 0 saturated carbocycles. The van der Waals surface area contributed by atoms with Crippen LogP contribution < -0.4 is 0 Å². The fourth-order valence-electron chi connectivity index (χ4n) is 3.15. The molecule has 2 heterocycles. The topological polar surface area (TPSA) is 47.8 Å². The molecule has 1 aromatic carbocycles. The van der Waals surface area contributed by atoms with Crippen LogP contribution in [0, 0.1) is 6.92 Å². The standard InChI is InChI=1S/C19H17N3O/c1-13-9-21-22(12-13)15-7-5-14(6-8-15)17-10-20-11-18-16(17)3-2-4-19(18)23/h5-12H,2-4H2,1H3. The number of hydrogen-bond acceptors (Lipinski definition) is 3. The van der Waals surface area contributed by atoms with Gasteiger partial charge in [0.15, 0.2) is 5.78 Å². The van der Waals surface area contributed by atoms with Gasteiger partial charge in [-0.2, -0.15) is 5.10 Å². The monoisotopic (exact) mass is 303 g/mol. The lowest BCUT2D eigenvalue weighted by molar-refractivity contribution is 0.0972. The predicted octanol–water partition coefficient (Wildman–Crippen LogP) is 3.76. The zero-order valence-electron chi connectivity index (χ0n) is 13.0. The molecule has 4 heteroatoms. The number of nitrogens with zero attached hydrogens (tertiary/aromatic N) is 3. The Labute approximate surface area is 134 Å². The first-order valence-electron chi connectivity index (χ1n) is 7.84. The molecule has 3 aromatic rings. The molecule has 0 atom stereocenters. The number of pyridine rings is 1. The highest BCUT2D eigenvalue weighted by molar-refractivity contribution is 5.99. The summed E-state index contributed by atoms with van der Waals surface area (Å²) in [6, 6.07) is 8.24. The summed E-state index contributed by atoms with van der Waals surface area (Å²) in [5.74, 6) is 0.212. The molecule has 0 bridgehead atoms. The summed E-state index contributed by atoms with van der Waals surface area (Å²) < 4.78 is 1.86. The number of fused-ring (bicyclic) bond motifs is 1. The highest BCUT2D eigenvalue weighted by Gasteiger charge is 2.20. The third-order valence-electron chi connectivity index (χ3n) is 4.34. The highest BCUT2D eigenvalue weighted by Crippen LogP contribution is 2.31. The van der Waals surface area contributed by atoms with Crippen molar-refractivity contribution in [3.8, 4) is 16.8 Å². The van der Waals surface area contributed by atoms with Gasteiger partial charge in [-0.3, -0.25) is 9.78 Å². The Kier molecular flexibility index (Phi) is 3.30. The maximum atomic E-state index is 12.1. The number of rotatable bonds is 2. The molecular weight excluding hydrogens is 286 g/mol. The number of carbonyl (C=O) groups excluding carboxylic acids is 1. The van der Waals surface area contributed by atoms with Crippen molar-refractivity contribution in [3.05, 3.63) is 65.7 Å². The minimum atomic E-state index is 0.212. The number of aromatic nitrogens is 3. The number of Topliss-reactive ketones (excluding diaryl/α,β-unsaturated/α-hetero) is 1. The summed E-state index contributed by atoms with van der Waals surface area (Å²) in [5.41, 5.74) is 6.25. The molecule has 0 spiro atoms. The van der Waals surface area contributed by atoms with Crippen LogP contribution in [0.15, 0.2) is 49.1 Å². The van der Waals surface area contributed by atoms with Gasteiger partial charge in [-0.25, -0.2) is 4.68 Å². The Bertz CT molecular complexity index is 878. The Balaban J connectivity index is 1.74. The molecule has 0 unspecified atom stereocenters. The van der Waals surface area contributed by atoms with Crippen LogP contribution >= 0.6 is 0 Å². The van der Waals surface area contributed by atoms with Gasteiger partial charge in [-0.05, 0) is 48.6 Å². The lowest BCUT2D eigenvalue weighted by Gasteiger charge is -2.18. The normalized spacial score (nSPS) is 13.9. The molecule has 23 heavy (non-hydrogen) atoms. The van der Waals surface area contributed by atoms with Gasteiger partial charge in [0.05, 0.1) is 11.9 Å². The molecular formula is C19H17N3O. The van der Waals surface area contributed by atoms with Crippen LogP contribution in [0.5, 0.6) is 0 Å². The second-order valence-corrected chi connectivity index (χ2v) is 6.00. The number of ketones is 1. The van der Waals surface area contributed by atoms with E-state index in [1.54, 1.807) is 6.20 Å². The van der Waals surface area contributed by atoms with Crippen LogP contribution in [0.2, 0.25) is 0 Å². The van der Waals surface area contributed by atoms with E-state index < -0.39 is 0 Å². The van der Waals surface area contributed by atoms with Gasteiger partial charge in [-0.1, -0.05) is 12.1 Å². The highest BCUT2D eigenvalue weighted by atomic mass is 16.1. The van der Waals surface area contributed by atoms with Crippen molar-refractivity contribution in [3.63, 3.8) is 0 Å². The maximum Gasteiger partial charge on any atom is 0.164 e. The second-order valence-electron chi connectivity index (χ2n) is 6.00. The van der Waals surface area contributed by atoms with Crippen LogP contribution in [0.4, 0.5) is 0 Å². The zero-order valence-corrected chi connectivity index (χ0v) is 13.0. The minimum Gasteiger partial charge on any atom is -0.294 e. The lowest BCUT2D eigenvalue weighted by Crippen LogP contribution is -2.12. The van der Waals surface area contributed by atoms with Gasteiger partial charge >= 0.3 is 0 Å². The first-order valence-corrected chi connectivity index (χ1v) is 7.84. The van der Waals surface area contributed by atoms with Gasteiger partial charge in [0.2, 0.25) is 0 Å². The number of aryl methyl sites for hydroxylation is 1. The Morgan fingerprint density at radius 3 is 2.52 bits per heavy atom. The van der Waals surface area contributed by atoms with E-state index in [2.05, 4.69) is 22.2 Å². The molecule has 4 rings (SSSR count). The Morgan fingerprint density at radius 2 is 1.78 bits per heavy atom. The van der Waals surface area contributed by atoms with Gasteiger partial charge < -0.3 is 0 Å². The van der Waals surface area contributed by atoms with Gasteiger partial charge in [0, 0.05) is 36.1 Å². The maximum absolute atomic E-state index is 12.1. The van der Waals surface area contributed by atoms with Crippen LogP contribution in [0.1, 0.15) is 34.3 Å². The average Bonchev–Trinajstić information content (AvgIpc) is 3.02. The summed E-state index contributed by atoms with van der Waals surface area (Å²) >= 11 is 0. The largest absolute Gasteiger partial charge is 0.294 e. The van der Waals surface area contributed by atoms with Crippen LogP contribution in [-0.4, -0.2) is 20.5 Å².